The lowest BCUT2D eigenvalue weighted by Gasteiger charge is -2.32. The predicted octanol–water partition coefficient (Wildman–Crippen LogP) is 3.08. The largest absolute Gasteiger partial charge is 0.484 e. The fourth-order valence-electron chi connectivity index (χ4n) is 2.98. The van der Waals surface area contributed by atoms with E-state index in [1.54, 1.807) is 11.0 Å². The highest BCUT2D eigenvalue weighted by molar-refractivity contribution is 5.93. The molecule has 1 unspecified atom stereocenters. The van der Waals surface area contributed by atoms with Gasteiger partial charge < -0.3 is 15.0 Å². The lowest BCUT2D eigenvalue weighted by atomic mass is 9.97. The molecule has 2 amide bonds. The molecule has 1 saturated heterocycles. The number of carbonyl (C=O) groups is 2. The molecular weight excluding hydrogens is 335 g/mol. The minimum absolute atomic E-state index is 0.0836. The average Bonchev–Trinajstić information content (AvgIpc) is 2.67. The summed E-state index contributed by atoms with van der Waals surface area (Å²) in [4.78, 5) is 26.4. The Morgan fingerprint density at radius 2 is 1.96 bits per heavy atom. The Balaban J connectivity index is 1.52. The first kappa shape index (κ1) is 17.9. The van der Waals surface area contributed by atoms with E-state index < -0.39 is 5.82 Å². The molecule has 0 saturated carbocycles. The molecule has 1 aliphatic heterocycles. The number of likely N-dealkylation sites (tertiary alicyclic amines) is 1. The summed E-state index contributed by atoms with van der Waals surface area (Å²) in [5.74, 6) is -0.632. The number of carbonyl (C=O) groups excluding carboxylic acids is 2. The zero-order valence-corrected chi connectivity index (χ0v) is 14.4. The monoisotopic (exact) mass is 356 g/mol. The van der Waals surface area contributed by atoms with Crippen molar-refractivity contribution in [2.45, 2.75) is 12.8 Å². The van der Waals surface area contributed by atoms with Crippen LogP contribution in [0.3, 0.4) is 0 Å². The maximum atomic E-state index is 13.1. The Bertz CT molecular complexity index is 767. The van der Waals surface area contributed by atoms with Gasteiger partial charge in [-0.15, -0.1) is 0 Å². The van der Waals surface area contributed by atoms with Crippen molar-refractivity contribution in [3.05, 3.63) is 60.4 Å². The molecule has 0 aromatic heterocycles. The van der Waals surface area contributed by atoms with Gasteiger partial charge in [-0.2, -0.15) is 0 Å². The van der Waals surface area contributed by atoms with Crippen molar-refractivity contribution in [3.63, 3.8) is 0 Å². The molecule has 1 aliphatic rings. The number of piperidine rings is 1. The van der Waals surface area contributed by atoms with Gasteiger partial charge in [0.15, 0.2) is 6.61 Å². The number of anilines is 1. The van der Waals surface area contributed by atoms with Crippen molar-refractivity contribution in [2.75, 3.05) is 25.0 Å². The fourth-order valence-corrected chi connectivity index (χ4v) is 2.98. The molecule has 2 aromatic carbocycles. The van der Waals surface area contributed by atoms with Crippen molar-refractivity contribution < 1.29 is 18.7 Å². The summed E-state index contributed by atoms with van der Waals surface area (Å²) in [6.07, 6.45) is 1.51. The molecule has 1 fully saturated rings. The van der Waals surface area contributed by atoms with Gasteiger partial charge in [0.25, 0.3) is 5.91 Å². The number of nitrogens with zero attached hydrogens (tertiary/aromatic N) is 1. The lowest BCUT2D eigenvalue weighted by Crippen LogP contribution is -2.45. The van der Waals surface area contributed by atoms with Crippen LogP contribution in [0.25, 0.3) is 0 Å². The van der Waals surface area contributed by atoms with Crippen LogP contribution in [0.1, 0.15) is 12.8 Å². The Morgan fingerprint density at radius 3 is 2.73 bits per heavy atom. The van der Waals surface area contributed by atoms with E-state index in [9.17, 15) is 14.0 Å². The minimum Gasteiger partial charge on any atom is -0.484 e. The molecule has 3 rings (SSSR count). The first-order valence-corrected chi connectivity index (χ1v) is 8.64. The van der Waals surface area contributed by atoms with E-state index >= 15 is 0 Å². The molecule has 0 aliphatic carbocycles. The SMILES string of the molecule is O=C(Nc1ccccc1)C1CCCN(C(=O)COc2cccc(F)c2)C1. The Kier molecular flexibility index (Phi) is 5.84. The number of halogens is 1. The molecule has 2 aromatic rings. The van der Waals surface area contributed by atoms with Crippen molar-refractivity contribution in [3.8, 4) is 5.75 Å². The standard InChI is InChI=1S/C20H21FN2O3/c21-16-7-4-10-18(12-16)26-14-19(24)23-11-5-6-15(13-23)20(25)22-17-8-2-1-3-9-17/h1-4,7-10,12,15H,5-6,11,13-14H2,(H,22,25). The Labute approximate surface area is 151 Å². The highest BCUT2D eigenvalue weighted by Crippen LogP contribution is 2.19. The summed E-state index contributed by atoms with van der Waals surface area (Å²) in [6.45, 7) is 0.793. The van der Waals surface area contributed by atoms with Crippen LogP contribution in [0, 0.1) is 11.7 Å². The van der Waals surface area contributed by atoms with Crippen LogP contribution in [0.4, 0.5) is 10.1 Å². The molecule has 136 valence electrons. The molecule has 5 nitrogen and oxygen atoms in total. The Hall–Kier alpha value is -2.89. The van der Waals surface area contributed by atoms with Gasteiger partial charge in [-0.3, -0.25) is 9.59 Å². The Morgan fingerprint density at radius 1 is 1.15 bits per heavy atom. The number of rotatable bonds is 5. The van der Waals surface area contributed by atoms with Crippen LogP contribution in [-0.2, 0) is 9.59 Å². The number of benzene rings is 2. The van der Waals surface area contributed by atoms with Gasteiger partial charge in [0.05, 0.1) is 5.92 Å². The van der Waals surface area contributed by atoms with E-state index in [0.29, 0.717) is 18.8 Å². The number of hydrogen-bond donors (Lipinski definition) is 1. The summed E-state index contributed by atoms with van der Waals surface area (Å²) in [5, 5.41) is 2.89. The van der Waals surface area contributed by atoms with Crippen LogP contribution >= 0.6 is 0 Å². The van der Waals surface area contributed by atoms with Gasteiger partial charge in [0.1, 0.15) is 11.6 Å². The molecule has 1 heterocycles. The lowest BCUT2D eigenvalue weighted by molar-refractivity contribution is -0.136. The first-order valence-electron chi connectivity index (χ1n) is 8.64. The summed E-state index contributed by atoms with van der Waals surface area (Å²) in [6, 6.07) is 14.9. The predicted molar refractivity (Wildman–Crippen MR) is 96.3 cm³/mol. The quantitative estimate of drug-likeness (QED) is 0.896. The van der Waals surface area contributed by atoms with E-state index in [4.69, 9.17) is 4.74 Å². The van der Waals surface area contributed by atoms with E-state index in [2.05, 4.69) is 5.32 Å². The highest BCUT2D eigenvalue weighted by atomic mass is 19.1. The van der Waals surface area contributed by atoms with Crippen molar-refractivity contribution in [1.82, 2.24) is 4.90 Å². The van der Waals surface area contributed by atoms with Crippen molar-refractivity contribution in [1.29, 1.82) is 0 Å². The second-order valence-electron chi connectivity index (χ2n) is 6.28. The third-order valence-corrected chi connectivity index (χ3v) is 4.34. The summed E-state index contributed by atoms with van der Waals surface area (Å²) in [5.41, 5.74) is 0.746. The van der Waals surface area contributed by atoms with Gasteiger partial charge in [0, 0.05) is 24.8 Å². The third-order valence-electron chi connectivity index (χ3n) is 4.34. The second kappa shape index (κ2) is 8.47. The topological polar surface area (TPSA) is 58.6 Å². The van der Waals surface area contributed by atoms with Gasteiger partial charge in [-0.05, 0) is 37.1 Å². The molecule has 1 N–H and O–H groups in total. The van der Waals surface area contributed by atoms with E-state index in [1.807, 2.05) is 30.3 Å². The molecule has 0 radical (unpaired) electrons. The highest BCUT2D eigenvalue weighted by Gasteiger charge is 2.28. The van der Waals surface area contributed by atoms with E-state index in [1.165, 1.54) is 18.2 Å². The number of amides is 2. The normalized spacial score (nSPS) is 16.8. The number of hydrogen-bond acceptors (Lipinski definition) is 3. The summed E-state index contributed by atoms with van der Waals surface area (Å²) >= 11 is 0. The molecule has 26 heavy (non-hydrogen) atoms. The third kappa shape index (κ3) is 4.81. The van der Waals surface area contributed by atoms with E-state index in [-0.39, 0.29) is 24.3 Å². The van der Waals surface area contributed by atoms with Crippen molar-refractivity contribution >= 4 is 17.5 Å². The van der Waals surface area contributed by atoms with Gasteiger partial charge >= 0.3 is 0 Å². The zero-order chi connectivity index (χ0) is 18.4. The molecule has 1 atom stereocenters. The van der Waals surface area contributed by atoms with Crippen LogP contribution in [0.15, 0.2) is 54.6 Å². The molecule has 6 heteroatoms. The van der Waals surface area contributed by atoms with Crippen LogP contribution in [-0.4, -0.2) is 36.4 Å². The molecule has 0 spiro atoms. The van der Waals surface area contributed by atoms with Crippen molar-refractivity contribution in [2.24, 2.45) is 5.92 Å². The summed E-state index contributed by atoms with van der Waals surface area (Å²) in [7, 11) is 0. The van der Waals surface area contributed by atoms with Gasteiger partial charge in [-0.1, -0.05) is 24.3 Å². The second-order valence-corrected chi connectivity index (χ2v) is 6.28. The van der Waals surface area contributed by atoms with E-state index in [0.717, 1.165) is 18.5 Å². The first-order chi connectivity index (χ1) is 12.6. The fraction of sp³-hybridized carbons (Fsp3) is 0.300. The number of para-hydroxylation sites is 1. The minimum atomic E-state index is -0.412. The smallest absolute Gasteiger partial charge is 0.260 e. The van der Waals surface area contributed by atoms with Crippen LogP contribution in [0.2, 0.25) is 0 Å². The zero-order valence-electron chi connectivity index (χ0n) is 14.4. The number of nitrogens with one attached hydrogen (secondary N) is 1. The maximum absolute atomic E-state index is 13.1. The molecular formula is C20H21FN2O3. The van der Waals surface area contributed by atoms with Crippen LogP contribution < -0.4 is 10.1 Å². The van der Waals surface area contributed by atoms with Gasteiger partial charge in [0.2, 0.25) is 5.91 Å². The summed E-state index contributed by atoms with van der Waals surface area (Å²) < 4.78 is 18.5. The maximum Gasteiger partial charge on any atom is 0.260 e. The average molecular weight is 356 g/mol. The molecule has 0 bridgehead atoms. The number of ether oxygens (including phenoxy) is 1. The van der Waals surface area contributed by atoms with Gasteiger partial charge in [-0.25, -0.2) is 4.39 Å². The van der Waals surface area contributed by atoms with Crippen LogP contribution in [0.5, 0.6) is 5.75 Å².